The van der Waals surface area contributed by atoms with Gasteiger partial charge in [0.15, 0.2) is 5.11 Å². The van der Waals surface area contributed by atoms with Crippen molar-refractivity contribution in [3.8, 4) is 0 Å². The molecule has 0 amide bonds. The highest BCUT2D eigenvalue weighted by Crippen LogP contribution is 2.30. The first-order chi connectivity index (χ1) is 13.7. The molecule has 0 aliphatic carbocycles. The van der Waals surface area contributed by atoms with E-state index in [1.165, 1.54) is 0 Å². The molecule has 144 valence electrons. The minimum absolute atomic E-state index is 0.0317. The molecule has 28 heavy (non-hydrogen) atoms. The average Bonchev–Trinajstić information content (AvgIpc) is 2.74. The van der Waals surface area contributed by atoms with Crippen molar-refractivity contribution in [3.63, 3.8) is 0 Å². The molecule has 3 aromatic rings. The maximum absolute atomic E-state index is 11.9. The van der Waals surface area contributed by atoms with Gasteiger partial charge in [0, 0.05) is 36.3 Å². The third kappa shape index (κ3) is 3.62. The molecule has 2 aromatic heterocycles. The molecule has 7 heteroatoms. The van der Waals surface area contributed by atoms with Crippen LogP contribution in [0.15, 0.2) is 42.7 Å². The van der Waals surface area contributed by atoms with Gasteiger partial charge in [-0.3, -0.25) is 14.8 Å². The van der Waals surface area contributed by atoms with Gasteiger partial charge in [0.05, 0.1) is 29.2 Å². The van der Waals surface area contributed by atoms with Crippen LogP contribution in [0.5, 0.6) is 0 Å². The minimum atomic E-state index is -0.0971. The van der Waals surface area contributed by atoms with E-state index in [2.05, 4.69) is 26.3 Å². The standard InChI is InChI=1S/C21H22N4O2S/c1-2-27-20(26)14-7-11-25(12-8-14)21(28)24-17-13-15-5-3-9-22-18(15)19-16(17)6-4-10-23-19/h3-6,9-10,13-14H,2,7-8,11-12H2,1H3,(H,24,28). The van der Waals surface area contributed by atoms with E-state index in [1.807, 2.05) is 31.2 Å². The summed E-state index contributed by atoms with van der Waals surface area (Å²) in [6, 6.07) is 9.93. The molecule has 1 aromatic carbocycles. The number of likely N-dealkylation sites (tertiary alicyclic amines) is 1. The molecule has 3 heterocycles. The fraction of sp³-hybridized carbons (Fsp3) is 0.333. The Kier molecular flexibility index (Phi) is 5.34. The number of carbonyl (C=O) groups is 1. The van der Waals surface area contributed by atoms with E-state index in [0.29, 0.717) is 11.7 Å². The molecule has 0 spiro atoms. The Bertz CT molecular complexity index is 1030. The summed E-state index contributed by atoms with van der Waals surface area (Å²) >= 11 is 5.66. The molecule has 1 fully saturated rings. The summed E-state index contributed by atoms with van der Waals surface area (Å²) in [7, 11) is 0. The van der Waals surface area contributed by atoms with Gasteiger partial charge in [0.1, 0.15) is 0 Å². The third-order valence-electron chi connectivity index (χ3n) is 5.10. The van der Waals surface area contributed by atoms with Crippen molar-refractivity contribution < 1.29 is 9.53 Å². The summed E-state index contributed by atoms with van der Waals surface area (Å²) in [5.41, 5.74) is 2.65. The number of anilines is 1. The predicted octanol–water partition coefficient (Wildman–Crippen LogP) is 3.75. The first-order valence-electron chi connectivity index (χ1n) is 9.52. The Balaban J connectivity index is 1.53. The van der Waals surface area contributed by atoms with Crippen molar-refractivity contribution in [2.45, 2.75) is 19.8 Å². The highest BCUT2D eigenvalue weighted by molar-refractivity contribution is 7.80. The number of ether oxygens (including phenoxy) is 1. The summed E-state index contributed by atoms with van der Waals surface area (Å²) in [4.78, 5) is 23.1. The van der Waals surface area contributed by atoms with Crippen molar-refractivity contribution in [3.05, 3.63) is 42.7 Å². The van der Waals surface area contributed by atoms with Gasteiger partial charge >= 0.3 is 5.97 Å². The number of aromatic nitrogens is 2. The minimum Gasteiger partial charge on any atom is -0.466 e. The Morgan fingerprint density at radius 3 is 2.68 bits per heavy atom. The lowest BCUT2D eigenvalue weighted by Gasteiger charge is -2.33. The molecule has 0 unspecified atom stereocenters. The maximum atomic E-state index is 11.9. The van der Waals surface area contributed by atoms with Crippen LogP contribution in [0.3, 0.4) is 0 Å². The van der Waals surface area contributed by atoms with Crippen LogP contribution in [0.2, 0.25) is 0 Å². The Labute approximate surface area is 168 Å². The van der Waals surface area contributed by atoms with E-state index < -0.39 is 0 Å². The lowest BCUT2D eigenvalue weighted by Crippen LogP contribution is -2.42. The van der Waals surface area contributed by atoms with Gasteiger partial charge < -0.3 is 15.0 Å². The number of nitrogens with zero attached hydrogens (tertiary/aromatic N) is 3. The normalized spacial score (nSPS) is 15.0. The van der Waals surface area contributed by atoms with E-state index in [4.69, 9.17) is 17.0 Å². The van der Waals surface area contributed by atoms with Crippen LogP contribution >= 0.6 is 12.2 Å². The lowest BCUT2D eigenvalue weighted by atomic mass is 9.97. The Morgan fingerprint density at radius 1 is 1.21 bits per heavy atom. The van der Waals surface area contributed by atoms with Crippen LogP contribution in [0.25, 0.3) is 21.8 Å². The second kappa shape index (κ2) is 8.06. The van der Waals surface area contributed by atoms with Crippen LogP contribution in [0.4, 0.5) is 5.69 Å². The Morgan fingerprint density at radius 2 is 1.93 bits per heavy atom. The van der Waals surface area contributed by atoms with Gasteiger partial charge in [-0.05, 0) is 56.2 Å². The third-order valence-corrected chi connectivity index (χ3v) is 5.46. The zero-order chi connectivity index (χ0) is 19.5. The molecule has 1 saturated heterocycles. The number of rotatable bonds is 3. The van der Waals surface area contributed by atoms with Crippen LogP contribution in [-0.2, 0) is 9.53 Å². The molecular formula is C21H22N4O2S. The van der Waals surface area contributed by atoms with Crippen LogP contribution in [0, 0.1) is 5.92 Å². The van der Waals surface area contributed by atoms with Crippen molar-refractivity contribution in [1.82, 2.24) is 14.9 Å². The molecule has 0 bridgehead atoms. The van der Waals surface area contributed by atoms with Crippen LogP contribution < -0.4 is 5.32 Å². The summed E-state index contributed by atoms with van der Waals surface area (Å²) in [5.74, 6) is -0.129. The fourth-order valence-corrected chi connectivity index (χ4v) is 3.95. The highest BCUT2D eigenvalue weighted by atomic mass is 32.1. The van der Waals surface area contributed by atoms with Gasteiger partial charge in [-0.2, -0.15) is 0 Å². The summed E-state index contributed by atoms with van der Waals surface area (Å²) < 4.78 is 5.14. The van der Waals surface area contributed by atoms with Crippen molar-refractivity contribution >= 4 is 50.8 Å². The zero-order valence-corrected chi connectivity index (χ0v) is 16.5. The first kappa shape index (κ1) is 18.6. The molecule has 0 saturated carbocycles. The molecule has 1 aliphatic rings. The number of thiocarbonyl (C=S) groups is 1. The van der Waals surface area contributed by atoms with Gasteiger partial charge in [0.25, 0.3) is 0 Å². The van der Waals surface area contributed by atoms with E-state index in [9.17, 15) is 4.79 Å². The van der Waals surface area contributed by atoms with Gasteiger partial charge in [-0.1, -0.05) is 6.07 Å². The fourth-order valence-electron chi connectivity index (χ4n) is 3.65. The number of esters is 1. The molecule has 1 aliphatic heterocycles. The first-order valence-corrected chi connectivity index (χ1v) is 9.93. The largest absolute Gasteiger partial charge is 0.466 e. The van der Waals surface area contributed by atoms with Crippen molar-refractivity contribution in [1.29, 1.82) is 0 Å². The SMILES string of the molecule is CCOC(=O)C1CCN(C(=S)Nc2cc3cccnc3c3ncccc23)CC1. The zero-order valence-electron chi connectivity index (χ0n) is 15.7. The second-order valence-electron chi connectivity index (χ2n) is 6.84. The molecular weight excluding hydrogens is 372 g/mol. The van der Waals surface area contributed by atoms with E-state index in [1.54, 1.807) is 12.4 Å². The predicted molar refractivity (Wildman–Crippen MR) is 114 cm³/mol. The number of fused-ring (bicyclic) bond motifs is 3. The van der Waals surface area contributed by atoms with Crippen molar-refractivity contribution in [2.75, 3.05) is 25.0 Å². The molecule has 1 N–H and O–H groups in total. The number of carbonyl (C=O) groups excluding carboxylic acids is 1. The number of pyridine rings is 2. The van der Waals surface area contributed by atoms with Crippen molar-refractivity contribution in [2.24, 2.45) is 5.92 Å². The number of piperidine rings is 1. The molecule has 6 nitrogen and oxygen atoms in total. The highest BCUT2D eigenvalue weighted by Gasteiger charge is 2.27. The number of nitrogens with one attached hydrogen (secondary N) is 1. The van der Waals surface area contributed by atoms with Crippen LogP contribution in [0.1, 0.15) is 19.8 Å². The number of benzene rings is 1. The van der Waals surface area contributed by atoms with Gasteiger partial charge in [0.2, 0.25) is 0 Å². The summed E-state index contributed by atoms with van der Waals surface area (Å²) in [6.45, 7) is 3.74. The topological polar surface area (TPSA) is 67.3 Å². The summed E-state index contributed by atoms with van der Waals surface area (Å²) in [5, 5.41) is 6.05. The number of hydrogen-bond acceptors (Lipinski definition) is 5. The smallest absolute Gasteiger partial charge is 0.309 e. The van der Waals surface area contributed by atoms with Crippen LogP contribution in [-0.4, -0.2) is 45.6 Å². The Hall–Kier alpha value is -2.80. The second-order valence-corrected chi connectivity index (χ2v) is 7.23. The lowest BCUT2D eigenvalue weighted by molar-refractivity contribution is -0.149. The molecule has 0 radical (unpaired) electrons. The monoisotopic (exact) mass is 394 g/mol. The average molecular weight is 395 g/mol. The molecule has 4 rings (SSSR count). The van der Waals surface area contributed by atoms with E-state index in [0.717, 1.165) is 53.4 Å². The summed E-state index contributed by atoms with van der Waals surface area (Å²) in [6.07, 6.45) is 5.07. The van der Waals surface area contributed by atoms with Gasteiger partial charge in [-0.15, -0.1) is 0 Å². The number of hydrogen-bond donors (Lipinski definition) is 1. The van der Waals surface area contributed by atoms with Gasteiger partial charge in [-0.25, -0.2) is 0 Å². The maximum Gasteiger partial charge on any atom is 0.309 e. The quantitative estimate of drug-likeness (QED) is 0.412. The van der Waals surface area contributed by atoms with E-state index in [-0.39, 0.29) is 11.9 Å². The molecule has 0 atom stereocenters. The van der Waals surface area contributed by atoms with E-state index >= 15 is 0 Å².